The average molecular weight is 248 g/mol. The Morgan fingerprint density at radius 1 is 1.56 bits per heavy atom. The van der Waals surface area contributed by atoms with Gasteiger partial charge in [-0.1, -0.05) is 6.07 Å². The molecule has 0 aliphatic carbocycles. The lowest BCUT2D eigenvalue weighted by Crippen LogP contribution is -2.49. The maximum absolute atomic E-state index is 11.9. The van der Waals surface area contributed by atoms with Crippen molar-refractivity contribution in [2.45, 2.75) is 31.8 Å². The molecule has 1 aromatic heterocycles. The van der Waals surface area contributed by atoms with E-state index in [9.17, 15) is 4.79 Å². The van der Waals surface area contributed by atoms with Gasteiger partial charge in [0.25, 0.3) is 0 Å². The van der Waals surface area contributed by atoms with Gasteiger partial charge in [0.05, 0.1) is 0 Å². The molecule has 0 saturated carbocycles. The van der Waals surface area contributed by atoms with Gasteiger partial charge in [-0.2, -0.15) is 0 Å². The normalized spacial score (nSPS) is 19.7. The van der Waals surface area contributed by atoms with Gasteiger partial charge >= 0.3 is 0 Å². The number of aromatic nitrogens is 1. The number of likely N-dealkylation sites (N-methyl/N-ethyl adjacent to an activating group) is 1. The molecular formula is C13H20N4O. The predicted octanol–water partition coefficient (Wildman–Crippen LogP) is 0.645. The number of nitrogens with one attached hydrogen (secondary N) is 1. The molecule has 0 radical (unpaired) electrons. The van der Waals surface area contributed by atoms with Crippen molar-refractivity contribution in [2.24, 2.45) is 5.73 Å². The minimum Gasteiger partial charge on any atom is -0.357 e. The average Bonchev–Trinajstić information content (AvgIpc) is 2.46. The number of carbonyl (C=O) groups is 1. The third-order valence-corrected chi connectivity index (χ3v) is 3.39. The van der Waals surface area contributed by atoms with E-state index in [1.165, 1.54) is 0 Å². The van der Waals surface area contributed by atoms with Crippen molar-refractivity contribution >= 4 is 11.7 Å². The topological polar surface area (TPSA) is 71.2 Å². The van der Waals surface area contributed by atoms with Crippen LogP contribution in [0.15, 0.2) is 18.3 Å². The summed E-state index contributed by atoms with van der Waals surface area (Å²) in [6.07, 6.45) is 4.87. The van der Waals surface area contributed by atoms with Crippen LogP contribution in [-0.4, -0.2) is 30.5 Å². The fourth-order valence-electron chi connectivity index (χ4n) is 2.35. The molecular weight excluding hydrogens is 228 g/mol. The first-order valence-corrected chi connectivity index (χ1v) is 6.39. The first-order valence-electron chi connectivity index (χ1n) is 6.39. The Labute approximate surface area is 107 Å². The number of nitrogens with zero attached hydrogens (tertiary/aromatic N) is 2. The zero-order valence-corrected chi connectivity index (χ0v) is 10.7. The smallest absolute Gasteiger partial charge is 0.242 e. The molecule has 1 atom stereocenters. The minimum atomic E-state index is -0.0972. The summed E-state index contributed by atoms with van der Waals surface area (Å²) in [4.78, 5) is 18.4. The fourth-order valence-corrected chi connectivity index (χ4v) is 2.35. The zero-order valence-electron chi connectivity index (χ0n) is 10.7. The van der Waals surface area contributed by atoms with Gasteiger partial charge in [-0.05, 0) is 30.9 Å². The van der Waals surface area contributed by atoms with Crippen LogP contribution in [0.2, 0.25) is 0 Å². The number of hydrogen-bond acceptors (Lipinski definition) is 4. The van der Waals surface area contributed by atoms with Gasteiger partial charge in [-0.25, -0.2) is 4.98 Å². The summed E-state index contributed by atoms with van der Waals surface area (Å²) >= 11 is 0. The molecule has 1 fully saturated rings. The Bertz CT molecular complexity index is 404. The van der Waals surface area contributed by atoms with Gasteiger partial charge in [0.15, 0.2) is 0 Å². The molecule has 5 nitrogen and oxygen atoms in total. The predicted molar refractivity (Wildman–Crippen MR) is 71.2 cm³/mol. The summed E-state index contributed by atoms with van der Waals surface area (Å²) in [5, 5.41) is 2.73. The van der Waals surface area contributed by atoms with Gasteiger partial charge in [0, 0.05) is 26.3 Å². The molecule has 0 spiro atoms. The Kier molecular flexibility index (Phi) is 4.15. The van der Waals surface area contributed by atoms with Crippen molar-refractivity contribution < 1.29 is 4.79 Å². The number of rotatable bonds is 3. The van der Waals surface area contributed by atoms with Crippen LogP contribution in [0, 0.1) is 0 Å². The first kappa shape index (κ1) is 12.8. The summed E-state index contributed by atoms with van der Waals surface area (Å²) in [6, 6.07) is 3.82. The van der Waals surface area contributed by atoms with Crippen LogP contribution in [0.25, 0.3) is 0 Å². The summed E-state index contributed by atoms with van der Waals surface area (Å²) in [7, 11) is 1.68. The number of nitrogens with two attached hydrogens (primary N) is 1. The lowest BCUT2D eigenvalue weighted by atomic mass is 10.0. The van der Waals surface area contributed by atoms with Crippen molar-refractivity contribution in [1.29, 1.82) is 0 Å². The van der Waals surface area contributed by atoms with E-state index in [2.05, 4.69) is 15.2 Å². The van der Waals surface area contributed by atoms with E-state index >= 15 is 0 Å². The molecule has 0 aromatic carbocycles. The van der Waals surface area contributed by atoms with Gasteiger partial charge in [0.1, 0.15) is 11.9 Å². The molecule has 1 aliphatic rings. The number of pyridine rings is 1. The molecule has 2 rings (SSSR count). The number of anilines is 1. The highest BCUT2D eigenvalue weighted by molar-refractivity contribution is 5.84. The second kappa shape index (κ2) is 5.82. The van der Waals surface area contributed by atoms with Crippen LogP contribution in [0.3, 0.4) is 0 Å². The molecule has 98 valence electrons. The number of hydrogen-bond donors (Lipinski definition) is 2. The lowest BCUT2D eigenvalue weighted by Gasteiger charge is -2.35. The summed E-state index contributed by atoms with van der Waals surface area (Å²) < 4.78 is 0. The maximum Gasteiger partial charge on any atom is 0.242 e. The molecule has 5 heteroatoms. The number of carbonyl (C=O) groups excluding carboxylic acids is 1. The second-order valence-electron chi connectivity index (χ2n) is 4.55. The summed E-state index contributed by atoms with van der Waals surface area (Å²) in [6.45, 7) is 1.37. The number of amides is 1. The van der Waals surface area contributed by atoms with Crippen molar-refractivity contribution in [2.75, 3.05) is 18.5 Å². The Hall–Kier alpha value is -1.62. The van der Waals surface area contributed by atoms with Crippen molar-refractivity contribution in [1.82, 2.24) is 10.3 Å². The Morgan fingerprint density at radius 2 is 2.39 bits per heavy atom. The van der Waals surface area contributed by atoms with E-state index in [0.717, 1.165) is 37.2 Å². The third kappa shape index (κ3) is 2.61. The van der Waals surface area contributed by atoms with E-state index in [-0.39, 0.29) is 11.9 Å². The molecule has 1 saturated heterocycles. The second-order valence-corrected chi connectivity index (χ2v) is 4.55. The van der Waals surface area contributed by atoms with Crippen LogP contribution in [-0.2, 0) is 11.3 Å². The van der Waals surface area contributed by atoms with Crippen LogP contribution in [0.5, 0.6) is 0 Å². The standard InChI is InChI=1S/C13H20N4O/c1-15-13(18)11-4-2-3-7-17(11)12-6-5-10(8-14)9-16-12/h5-6,9,11H,2-4,7-8,14H2,1H3,(H,15,18). The van der Waals surface area contributed by atoms with E-state index in [1.807, 2.05) is 12.1 Å². The first-order chi connectivity index (χ1) is 8.76. The van der Waals surface area contributed by atoms with Crippen LogP contribution >= 0.6 is 0 Å². The lowest BCUT2D eigenvalue weighted by molar-refractivity contribution is -0.122. The van der Waals surface area contributed by atoms with Crippen molar-refractivity contribution in [3.05, 3.63) is 23.9 Å². The summed E-state index contributed by atoms with van der Waals surface area (Å²) in [5.74, 6) is 0.930. The molecule has 2 heterocycles. The summed E-state index contributed by atoms with van der Waals surface area (Å²) in [5.41, 5.74) is 6.56. The number of piperidine rings is 1. The van der Waals surface area contributed by atoms with Crippen LogP contribution in [0.1, 0.15) is 24.8 Å². The highest BCUT2D eigenvalue weighted by Gasteiger charge is 2.28. The third-order valence-electron chi connectivity index (χ3n) is 3.39. The van der Waals surface area contributed by atoms with Gasteiger partial charge in [-0.15, -0.1) is 0 Å². The molecule has 1 aromatic rings. The quantitative estimate of drug-likeness (QED) is 0.823. The highest BCUT2D eigenvalue weighted by Crippen LogP contribution is 2.23. The van der Waals surface area contributed by atoms with Crippen molar-refractivity contribution in [3.63, 3.8) is 0 Å². The van der Waals surface area contributed by atoms with Gasteiger partial charge < -0.3 is 16.0 Å². The fraction of sp³-hybridized carbons (Fsp3) is 0.538. The molecule has 1 amide bonds. The molecule has 18 heavy (non-hydrogen) atoms. The molecule has 1 aliphatic heterocycles. The Morgan fingerprint density at radius 3 is 3.00 bits per heavy atom. The maximum atomic E-state index is 11.9. The van der Waals surface area contributed by atoms with Crippen LogP contribution < -0.4 is 16.0 Å². The van der Waals surface area contributed by atoms with E-state index in [1.54, 1.807) is 13.2 Å². The van der Waals surface area contributed by atoms with Crippen LogP contribution in [0.4, 0.5) is 5.82 Å². The van der Waals surface area contributed by atoms with E-state index < -0.39 is 0 Å². The Balaban J connectivity index is 2.19. The SMILES string of the molecule is CNC(=O)C1CCCCN1c1ccc(CN)cn1. The monoisotopic (exact) mass is 248 g/mol. The zero-order chi connectivity index (χ0) is 13.0. The van der Waals surface area contributed by atoms with E-state index in [4.69, 9.17) is 5.73 Å². The van der Waals surface area contributed by atoms with Gasteiger partial charge in [0.2, 0.25) is 5.91 Å². The highest BCUT2D eigenvalue weighted by atomic mass is 16.2. The minimum absolute atomic E-state index is 0.0689. The molecule has 0 bridgehead atoms. The van der Waals surface area contributed by atoms with Gasteiger partial charge in [-0.3, -0.25) is 4.79 Å². The largest absolute Gasteiger partial charge is 0.357 e. The molecule has 1 unspecified atom stereocenters. The van der Waals surface area contributed by atoms with E-state index in [0.29, 0.717) is 6.54 Å². The molecule has 3 N–H and O–H groups in total. The van der Waals surface area contributed by atoms with Crippen molar-refractivity contribution in [3.8, 4) is 0 Å².